The van der Waals surface area contributed by atoms with E-state index in [1.165, 1.54) is 9.87 Å². The van der Waals surface area contributed by atoms with E-state index < -0.39 is 10.0 Å². The first kappa shape index (κ1) is 13.5. The summed E-state index contributed by atoms with van der Waals surface area (Å²) in [4.78, 5) is 2.72. The van der Waals surface area contributed by atoms with Gasteiger partial charge in [-0.2, -0.15) is 0 Å². The van der Waals surface area contributed by atoms with E-state index in [0.29, 0.717) is 4.90 Å². The highest BCUT2D eigenvalue weighted by Crippen LogP contribution is 2.23. The van der Waals surface area contributed by atoms with Crippen LogP contribution in [0.3, 0.4) is 0 Å². The van der Waals surface area contributed by atoms with Crippen molar-refractivity contribution in [2.75, 3.05) is 27.2 Å². The van der Waals surface area contributed by atoms with E-state index in [1.54, 1.807) is 20.2 Å². The van der Waals surface area contributed by atoms with Gasteiger partial charge in [0.05, 0.1) is 4.90 Å². The first-order valence-electron chi connectivity index (χ1n) is 6.22. The molecule has 0 amide bonds. The molecule has 0 spiro atoms. The van der Waals surface area contributed by atoms with Gasteiger partial charge in [-0.15, -0.1) is 0 Å². The first-order valence-corrected chi connectivity index (χ1v) is 7.66. The number of sulfonamides is 1. The summed E-state index contributed by atoms with van der Waals surface area (Å²) in [5.41, 5.74) is 2.42. The van der Waals surface area contributed by atoms with Gasteiger partial charge in [0.15, 0.2) is 0 Å². The van der Waals surface area contributed by atoms with Gasteiger partial charge in [-0.3, -0.25) is 4.90 Å². The fourth-order valence-electron chi connectivity index (χ4n) is 2.23. The maximum Gasteiger partial charge on any atom is 0.242 e. The van der Waals surface area contributed by atoms with Crippen molar-refractivity contribution in [2.45, 2.75) is 24.8 Å². The molecule has 0 bridgehead atoms. The molecule has 1 aromatic rings. The van der Waals surface area contributed by atoms with Crippen LogP contribution in [-0.4, -0.2) is 44.8 Å². The number of fused-ring (bicyclic) bond motifs is 1. The van der Waals surface area contributed by atoms with E-state index >= 15 is 0 Å². The van der Waals surface area contributed by atoms with Crippen LogP contribution in [0.25, 0.3) is 0 Å². The molecule has 0 fully saturated rings. The summed E-state index contributed by atoms with van der Waals surface area (Å²) < 4.78 is 25.4. The molecule has 0 aromatic heterocycles. The molecule has 0 saturated heterocycles. The molecule has 0 aliphatic carbocycles. The second kappa shape index (κ2) is 4.99. The van der Waals surface area contributed by atoms with E-state index in [0.717, 1.165) is 31.6 Å². The normalized spacial score (nSPS) is 16.9. The van der Waals surface area contributed by atoms with Crippen molar-refractivity contribution < 1.29 is 8.42 Å². The topological polar surface area (TPSA) is 40.6 Å². The zero-order valence-electron chi connectivity index (χ0n) is 11.2. The molecular weight excluding hydrogens is 248 g/mol. The predicted molar refractivity (Wildman–Crippen MR) is 72.0 cm³/mol. The maximum absolute atomic E-state index is 12.1. The van der Waals surface area contributed by atoms with E-state index in [4.69, 9.17) is 0 Å². The second-order valence-electron chi connectivity index (χ2n) is 4.84. The van der Waals surface area contributed by atoms with Gasteiger partial charge in [-0.1, -0.05) is 13.0 Å². The summed E-state index contributed by atoms with van der Waals surface area (Å²) >= 11 is 0. The highest BCUT2D eigenvalue weighted by Gasteiger charge is 2.21. The van der Waals surface area contributed by atoms with Crippen molar-refractivity contribution in [2.24, 2.45) is 0 Å². The minimum atomic E-state index is -3.32. The molecule has 100 valence electrons. The number of benzene rings is 1. The number of likely N-dealkylation sites (N-methyl/N-ethyl adjacent to an activating group) is 1. The summed E-state index contributed by atoms with van der Waals surface area (Å²) in [7, 11) is -0.195. The van der Waals surface area contributed by atoms with E-state index in [-0.39, 0.29) is 0 Å². The van der Waals surface area contributed by atoms with Crippen LogP contribution >= 0.6 is 0 Å². The lowest BCUT2D eigenvalue weighted by atomic mass is 10.00. The molecule has 1 heterocycles. The lowest BCUT2D eigenvalue weighted by molar-refractivity contribution is 0.268. The number of hydrogen-bond acceptors (Lipinski definition) is 3. The fourth-order valence-corrected chi connectivity index (χ4v) is 3.19. The zero-order valence-corrected chi connectivity index (χ0v) is 12.0. The molecule has 0 saturated carbocycles. The van der Waals surface area contributed by atoms with Gasteiger partial charge in [0.1, 0.15) is 0 Å². The van der Waals surface area contributed by atoms with Crippen LogP contribution in [0.1, 0.15) is 18.1 Å². The molecule has 1 aliphatic rings. The summed E-state index contributed by atoms with van der Waals surface area (Å²) in [6, 6.07) is 5.50. The third kappa shape index (κ3) is 2.43. The Morgan fingerprint density at radius 3 is 2.61 bits per heavy atom. The standard InChI is InChI=1S/C13H20N2O2S/c1-4-15-8-7-11-5-6-13(9-12(11)10-15)18(16,17)14(2)3/h5-6,9H,4,7-8,10H2,1-3H3. The molecule has 0 N–H and O–H groups in total. The monoisotopic (exact) mass is 268 g/mol. The van der Waals surface area contributed by atoms with Crippen LogP contribution < -0.4 is 0 Å². The lowest BCUT2D eigenvalue weighted by Crippen LogP contribution is -2.30. The molecule has 5 heteroatoms. The van der Waals surface area contributed by atoms with Gasteiger partial charge in [-0.05, 0) is 36.2 Å². The van der Waals surface area contributed by atoms with Crippen molar-refractivity contribution in [3.05, 3.63) is 29.3 Å². The zero-order chi connectivity index (χ0) is 13.3. The van der Waals surface area contributed by atoms with Crippen LogP contribution in [0.2, 0.25) is 0 Å². The van der Waals surface area contributed by atoms with Crippen LogP contribution in [0.15, 0.2) is 23.1 Å². The van der Waals surface area contributed by atoms with Crippen LogP contribution in [0, 0.1) is 0 Å². The van der Waals surface area contributed by atoms with E-state index in [2.05, 4.69) is 11.8 Å². The molecule has 0 atom stereocenters. The molecule has 2 rings (SSSR count). The molecule has 4 nitrogen and oxygen atoms in total. The van der Waals surface area contributed by atoms with Crippen molar-refractivity contribution in [3.63, 3.8) is 0 Å². The Bertz CT molecular complexity index is 538. The Labute approximate surface area is 109 Å². The number of hydrogen-bond donors (Lipinski definition) is 0. The Balaban J connectivity index is 2.38. The van der Waals surface area contributed by atoms with Crippen molar-refractivity contribution in [1.29, 1.82) is 0 Å². The highest BCUT2D eigenvalue weighted by molar-refractivity contribution is 7.89. The first-order chi connectivity index (χ1) is 8.45. The Morgan fingerprint density at radius 2 is 2.00 bits per heavy atom. The number of rotatable bonds is 3. The van der Waals surface area contributed by atoms with E-state index in [1.807, 2.05) is 12.1 Å². The Hall–Kier alpha value is -0.910. The van der Waals surface area contributed by atoms with Crippen LogP contribution in [0.4, 0.5) is 0 Å². The summed E-state index contributed by atoms with van der Waals surface area (Å²) in [6.07, 6.45) is 1.01. The maximum atomic E-state index is 12.1. The van der Waals surface area contributed by atoms with Crippen molar-refractivity contribution in [1.82, 2.24) is 9.21 Å². The number of nitrogens with zero attached hydrogens (tertiary/aromatic N) is 2. The van der Waals surface area contributed by atoms with Gasteiger partial charge in [0.2, 0.25) is 10.0 Å². The molecule has 18 heavy (non-hydrogen) atoms. The van der Waals surface area contributed by atoms with Gasteiger partial charge >= 0.3 is 0 Å². The van der Waals surface area contributed by atoms with Crippen molar-refractivity contribution >= 4 is 10.0 Å². The van der Waals surface area contributed by atoms with E-state index in [9.17, 15) is 8.42 Å². The third-order valence-corrected chi connectivity index (χ3v) is 5.31. The second-order valence-corrected chi connectivity index (χ2v) is 6.99. The minimum Gasteiger partial charge on any atom is -0.299 e. The van der Waals surface area contributed by atoms with Gasteiger partial charge in [0, 0.05) is 27.2 Å². The molecule has 0 unspecified atom stereocenters. The largest absolute Gasteiger partial charge is 0.299 e. The molecular formula is C13H20N2O2S. The smallest absolute Gasteiger partial charge is 0.242 e. The SMILES string of the molecule is CCN1CCc2ccc(S(=O)(=O)N(C)C)cc2C1. The third-order valence-electron chi connectivity index (χ3n) is 3.49. The Kier molecular flexibility index (Phi) is 3.75. The quantitative estimate of drug-likeness (QED) is 0.830. The highest BCUT2D eigenvalue weighted by atomic mass is 32.2. The minimum absolute atomic E-state index is 0.393. The molecule has 1 aromatic carbocycles. The molecule has 1 aliphatic heterocycles. The molecule has 0 radical (unpaired) electrons. The average molecular weight is 268 g/mol. The van der Waals surface area contributed by atoms with Gasteiger partial charge < -0.3 is 0 Å². The van der Waals surface area contributed by atoms with Crippen LogP contribution in [-0.2, 0) is 23.0 Å². The average Bonchev–Trinajstić information content (AvgIpc) is 2.37. The lowest BCUT2D eigenvalue weighted by Gasteiger charge is -2.28. The van der Waals surface area contributed by atoms with Gasteiger partial charge in [0.25, 0.3) is 0 Å². The summed E-state index contributed by atoms with van der Waals surface area (Å²) in [5.74, 6) is 0. The summed E-state index contributed by atoms with van der Waals surface area (Å²) in [5, 5.41) is 0. The summed E-state index contributed by atoms with van der Waals surface area (Å²) in [6.45, 7) is 5.04. The fraction of sp³-hybridized carbons (Fsp3) is 0.538. The Morgan fingerprint density at radius 1 is 1.28 bits per heavy atom. The van der Waals surface area contributed by atoms with Gasteiger partial charge in [-0.25, -0.2) is 12.7 Å². The van der Waals surface area contributed by atoms with Crippen LogP contribution in [0.5, 0.6) is 0 Å². The predicted octanol–water partition coefficient (Wildman–Crippen LogP) is 1.31. The van der Waals surface area contributed by atoms with Crippen molar-refractivity contribution in [3.8, 4) is 0 Å².